The predicted octanol–water partition coefficient (Wildman–Crippen LogP) is 4.64. The molecule has 0 aliphatic carbocycles. The number of carbonyl (C=O) groups is 1. The van der Waals surface area contributed by atoms with Crippen LogP contribution >= 0.6 is 0 Å². The summed E-state index contributed by atoms with van der Waals surface area (Å²) in [7, 11) is 1.56. The molecule has 1 amide bonds. The van der Waals surface area contributed by atoms with Crippen molar-refractivity contribution in [3.05, 3.63) is 82.7 Å². The van der Waals surface area contributed by atoms with Crippen LogP contribution in [0, 0.1) is 12.3 Å². The van der Waals surface area contributed by atoms with E-state index in [1.54, 1.807) is 44.4 Å². The molecule has 30 heavy (non-hydrogen) atoms. The van der Waals surface area contributed by atoms with Crippen LogP contribution in [0.15, 0.2) is 63.5 Å². The Hall–Kier alpha value is -4.13. The molecule has 2 aromatic heterocycles. The first kappa shape index (κ1) is 19.2. The van der Waals surface area contributed by atoms with Crippen LogP contribution in [0.4, 0.5) is 5.69 Å². The maximum Gasteiger partial charge on any atom is 0.261 e. The summed E-state index contributed by atoms with van der Waals surface area (Å²) in [5.74, 6) is 0.551. The van der Waals surface area contributed by atoms with Crippen LogP contribution in [-0.4, -0.2) is 18.2 Å². The van der Waals surface area contributed by atoms with Crippen molar-refractivity contribution in [1.82, 2.24) is 5.16 Å². The molecule has 0 saturated carbocycles. The molecule has 0 unspecified atom stereocenters. The van der Waals surface area contributed by atoms with Gasteiger partial charge in [-0.2, -0.15) is 0 Å². The molecule has 4 aromatic rings. The quantitative estimate of drug-likeness (QED) is 0.507. The monoisotopic (exact) mass is 401 g/mol. The van der Waals surface area contributed by atoms with Gasteiger partial charge in [-0.3, -0.25) is 10.2 Å². The van der Waals surface area contributed by atoms with Gasteiger partial charge < -0.3 is 19.0 Å². The van der Waals surface area contributed by atoms with Crippen molar-refractivity contribution < 1.29 is 18.5 Å². The van der Waals surface area contributed by atoms with Gasteiger partial charge in [-0.25, -0.2) is 0 Å². The van der Waals surface area contributed by atoms with Crippen LogP contribution in [0.1, 0.15) is 27.4 Å². The number of rotatable bonds is 5. The smallest absolute Gasteiger partial charge is 0.261 e. The number of ether oxygens (including phenoxy) is 1. The lowest BCUT2D eigenvalue weighted by molar-refractivity contribution is 0.102. The lowest BCUT2D eigenvalue weighted by atomic mass is 10.1. The van der Waals surface area contributed by atoms with E-state index in [4.69, 9.17) is 19.1 Å². The first-order valence-corrected chi connectivity index (χ1v) is 9.22. The number of benzene rings is 2. The number of aryl methyl sites for hydroxylation is 1. The molecule has 0 radical (unpaired) electrons. The Balaban J connectivity index is 1.64. The summed E-state index contributed by atoms with van der Waals surface area (Å²) >= 11 is 0. The highest BCUT2D eigenvalue weighted by molar-refractivity contribution is 6.06. The standard InChI is InChI=1S/C23H19N3O4/c1-14-21(20(30-26-14)10-8-15-6-4-3-5-7-15)25-23(27)18-13-16-12-17(28-2)9-11-19(16)29-22(18)24/h3-13,24H,1-2H3,(H,25,27)/b10-8+,24-22?. The van der Waals surface area contributed by atoms with E-state index in [2.05, 4.69) is 10.5 Å². The van der Waals surface area contributed by atoms with Gasteiger partial charge in [0.25, 0.3) is 5.91 Å². The highest BCUT2D eigenvalue weighted by atomic mass is 16.5. The SMILES string of the molecule is COc1ccc2oc(=N)c(C(=O)Nc3c(C)noc3/C=C/c3ccccc3)cc2c1. The minimum absolute atomic E-state index is 0.0920. The van der Waals surface area contributed by atoms with Gasteiger partial charge in [0.15, 0.2) is 5.76 Å². The van der Waals surface area contributed by atoms with Crippen molar-refractivity contribution in [3.63, 3.8) is 0 Å². The molecule has 0 saturated heterocycles. The fraction of sp³-hybridized carbons (Fsp3) is 0.0870. The number of nitrogens with one attached hydrogen (secondary N) is 2. The molecule has 0 bridgehead atoms. The van der Waals surface area contributed by atoms with Gasteiger partial charge in [0.05, 0.1) is 7.11 Å². The number of anilines is 1. The largest absolute Gasteiger partial charge is 0.497 e. The summed E-state index contributed by atoms with van der Waals surface area (Å²) in [6.07, 6.45) is 3.60. The second kappa shape index (κ2) is 8.08. The van der Waals surface area contributed by atoms with E-state index >= 15 is 0 Å². The van der Waals surface area contributed by atoms with Crippen molar-refractivity contribution >= 4 is 34.7 Å². The van der Waals surface area contributed by atoms with Crippen LogP contribution < -0.4 is 15.6 Å². The van der Waals surface area contributed by atoms with Gasteiger partial charge >= 0.3 is 0 Å². The van der Waals surface area contributed by atoms with Crippen LogP contribution in [0.2, 0.25) is 0 Å². The number of aromatic nitrogens is 1. The maximum atomic E-state index is 12.9. The molecule has 150 valence electrons. The third kappa shape index (κ3) is 3.86. The zero-order chi connectivity index (χ0) is 21.1. The van der Waals surface area contributed by atoms with E-state index in [-0.39, 0.29) is 11.1 Å². The van der Waals surface area contributed by atoms with Gasteiger partial charge in [0, 0.05) is 5.39 Å². The molecule has 2 N–H and O–H groups in total. The van der Waals surface area contributed by atoms with Gasteiger partial charge in [-0.05, 0) is 42.8 Å². The summed E-state index contributed by atoms with van der Waals surface area (Å²) in [5.41, 5.74) is 2.30. The lowest BCUT2D eigenvalue weighted by Gasteiger charge is -2.07. The summed E-state index contributed by atoms with van der Waals surface area (Å²) in [4.78, 5) is 12.9. The summed E-state index contributed by atoms with van der Waals surface area (Å²) in [6.45, 7) is 1.73. The zero-order valence-corrected chi connectivity index (χ0v) is 16.4. The van der Waals surface area contributed by atoms with E-state index in [0.29, 0.717) is 33.9 Å². The second-order valence-electron chi connectivity index (χ2n) is 6.60. The summed E-state index contributed by atoms with van der Waals surface area (Å²) in [5, 5.41) is 15.5. The number of fused-ring (bicyclic) bond motifs is 1. The fourth-order valence-electron chi connectivity index (χ4n) is 2.98. The van der Waals surface area contributed by atoms with Crippen LogP contribution in [0.25, 0.3) is 23.1 Å². The van der Waals surface area contributed by atoms with E-state index < -0.39 is 5.91 Å². The average Bonchev–Trinajstić information content (AvgIpc) is 3.11. The average molecular weight is 401 g/mol. The van der Waals surface area contributed by atoms with Crippen molar-refractivity contribution in [2.75, 3.05) is 12.4 Å². The Morgan fingerprint density at radius 1 is 1.13 bits per heavy atom. The number of methoxy groups -OCH3 is 1. The highest BCUT2D eigenvalue weighted by Crippen LogP contribution is 2.24. The molecule has 7 nitrogen and oxygen atoms in total. The Morgan fingerprint density at radius 3 is 2.70 bits per heavy atom. The van der Waals surface area contributed by atoms with E-state index in [9.17, 15) is 4.79 Å². The predicted molar refractivity (Wildman–Crippen MR) is 113 cm³/mol. The third-order valence-corrected chi connectivity index (χ3v) is 4.57. The Bertz CT molecular complexity index is 1300. The van der Waals surface area contributed by atoms with Crippen LogP contribution in [-0.2, 0) is 0 Å². The van der Waals surface area contributed by atoms with Crippen LogP contribution in [0.5, 0.6) is 5.75 Å². The third-order valence-electron chi connectivity index (χ3n) is 4.57. The Kier molecular flexibility index (Phi) is 5.17. The summed E-state index contributed by atoms with van der Waals surface area (Å²) in [6, 6.07) is 16.5. The van der Waals surface area contributed by atoms with Crippen molar-refractivity contribution in [2.24, 2.45) is 0 Å². The molecule has 0 fully saturated rings. The molecule has 4 rings (SSSR count). The molecule has 2 heterocycles. The highest BCUT2D eigenvalue weighted by Gasteiger charge is 2.18. The molecule has 0 aliphatic heterocycles. The molecule has 0 atom stereocenters. The van der Waals surface area contributed by atoms with Crippen molar-refractivity contribution in [1.29, 1.82) is 5.41 Å². The van der Waals surface area contributed by atoms with Gasteiger partial charge in [-0.15, -0.1) is 0 Å². The van der Waals surface area contributed by atoms with Gasteiger partial charge in [-0.1, -0.05) is 41.6 Å². The van der Waals surface area contributed by atoms with E-state index in [0.717, 1.165) is 5.56 Å². The normalized spacial score (nSPS) is 11.1. The maximum absolute atomic E-state index is 12.9. The van der Waals surface area contributed by atoms with Crippen molar-refractivity contribution in [2.45, 2.75) is 6.92 Å². The number of hydrogen-bond acceptors (Lipinski definition) is 6. The van der Waals surface area contributed by atoms with E-state index in [1.807, 2.05) is 36.4 Å². The topological polar surface area (TPSA) is 101 Å². The zero-order valence-electron chi connectivity index (χ0n) is 16.4. The summed E-state index contributed by atoms with van der Waals surface area (Å²) < 4.78 is 16.1. The molecule has 2 aromatic carbocycles. The first-order chi connectivity index (χ1) is 14.5. The van der Waals surface area contributed by atoms with E-state index in [1.165, 1.54) is 0 Å². The minimum atomic E-state index is -0.492. The molecule has 0 aliphatic rings. The number of amides is 1. The second-order valence-corrected chi connectivity index (χ2v) is 6.60. The Morgan fingerprint density at radius 2 is 1.93 bits per heavy atom. The molecular formula is C23H19N3O4. The fourth-order valence-corrected chi connectivity index (χ4v) is 2.98. The van der Waals surface area contributed by atoms with Gasteiger partial charge in [0.1, 0.15) is 28.3 Å². The number of carbonyl (C=O) groups excluding carboxylic acids is 1. The van der Waals surface area contributed by atoms with Crippen LogP contribution in [0.3, 0.4) is 0 Å². The molecular weight excluding hydrogens is 382 g/mol. The number of hydrogen-bond donors (Lipinski definition) is 2. The Labute approximate surface area is 172 Å². The number of nitrogens with zero attached hydrogens (tertiary/aromatic N) is 1. The lowest BCUT2D eigenvalue weighted by Crippen LogP contribution is -2.21. The van der Waals surface area contributed by atoms with Gasteiger partial charge in [0.2, 0.25) is 5.55 Å². The first-order valence-electron chi connectivity index (χ1n) is 9.22. The molecule has 0 spiro atoms. The molecule has 7 heteroatoms. The minimum Gasteiger partial charge on any atom is -0.497 e. The van der Waals surface area contributed by atoms with Crippen molar-refractivity contribution in [3.8, 4) is 5.75 Å².